The van der Waals surface area contributed by atoms with Crippen molar-refractivity contribution in [3.8, 4) is 0 Å². The minimum absolute atomic E-state index is 0.454. The molecule has 2 aromatic heterocycles. The monoisotopic (exact) mass is 277 g/mol. The maximum Gasteiger partial charge on any atom is 0.0628 e. The third-order valence-electron chi connectivity index (χ3n) is 3.74. The largest absolute Gasteiger partial charge is 0.310 e. The minimum Gasteiger partial charge on any atom is -0.310 e. The van der Waals surface area contributed by atoms with Crippen LogP contribution in [0.2, 0.25) is 0 Å². The Balaban J connectivity index is 2.07. The molecule has 0 saturated heterocycles. The molecule has 3 nitrogen and oxygen atoms in total. The summed E-state index contributed by atoms with van der Waals surface area (Å²) >= 11 is 1.77. The van der Waals surface area contributed by atoms with Crippen molar-refractivity contribution in [3.63, 3.8) is 0 Å². The lowest BCUT2D eigenvalue weighted by Gasteiger charge is -2.17. The molecule has 0 spiro atoms. The van der Waals surface area contributed by atoms with Gasteiger partial charge in [0.15, 0.2) is 0 Å². The van der Waals surface area contributed by atoms with Gasteiger partial charge in [0.25, 0.3) is 0 Å². The number of hydrogen-bond donors (Lipinski definition) is 1. The van der Waals surface area contributed by atoms with Gasteiger partial charge in [0, 0.05) is 18.8 Å². The van der Waals surface area contributed by atoms with E-state index in [4.69, 9.17) is 0 Å². The summed E-state index contributed by atoms with van der Waals surface area (Å²) < 4.78 is 1.98. The number of aromatic nitrogens is 2. The molecule has 0 amide bonds. The summed E-state index contributed by atoms with van der Waals surface area (Å²) in [6, 6.07) is 2.68. The summed E-state index contributed by atoms with van der Waals surface area (Å²) in [5.41, 5.74) is 5.27. The number of nitrogens with one attached hydrogen (secondary N) is 1. The topological polar surface area (TPSA) is 29.9 Å². The van der Waals surface area contributed by atoms with Gasteiger partial charge in [0.2, 0.25) is 0 Å². The fourth-order valence-corrected chi connectivity index (χ4v) is 3.29. The Kier molecular flexibility index (Phi) is 4.77. The van der Waals surface area contributed by atoms with E-state index in [1.807, 2.05) is 11.7 Å². The molecule has 1 unspecified atom stereocenters. The molecule has 104 valence electrons. The van der Waals surface area contributed by atoms with Crippen molar-refractivity contribution in [2.75, 3.05) is 6.54 Å². The maximum absolute atomic E-state index is 4.50. The summed E-state index contributed by atoms with van der Waals surface area (Å²) in [6.45, 7) is 7.43. The van der Waals surface area contributed by atoms with Gasteiger partial charge >= 0.3 is 0 Å². The van der Waals surface area contributed by atoms with Crippen molar-refractivity contribution >= 4 is 11.3 Å². The Hall–Kier alpha value is -1.13. The molecular formula is C15H23N3S. The summed E-state index contributed by atoms with van der Waals surface area (Å²) in [4.78, 5) is 0. The zero-order chi connectivity index (χ0) is 13.8. The van der Waals surface area contributed by atoms with Gasteiger partial charge < -0.3 is 5.32 Å². The predicted octanol–water partition coefficient (Wildman–Crippen LogP) is 3.38. The van der Waals surface area contributed by atoms with Crippen LogP contribution >= 0.6 is 11.3 Å². The maximum atomic E-state index is 4.50. The zero-order valence-electron chi connectivity index (χ0n) is 12.2. The molecule has 19 heavy (non-hydrogen) atoms. The van der Waals surface area contributed by atoms with E-state index in [9.17, 15) is 0 Å². The normalized spacial score (nSPS) is 12.8. The van der Waals surface area contributed by atoms with Gasteiger partial charge in [0.1, 0.15) is 0 Å². The van der Waals surface area contributed by atoms with Crippen LogP contribution in [0, 0.1) is 13.8 Å². The van der Waals surface area contributed by atoms with Crippen LogP contribution in [0.3, 0.4) is 0 Å². The number of aryl methyl sites for hydroxylation is 2. The molecule has 0 fully saturated rings. The van der Waals surface area contributed by atoms with E-state index >= 15 is 0 Å². The van der Waals surface area contributed by atoms with E-state index in [-0.39, 0.29) is 0 Å². The lowest BCUT2D eigenvalue weighted by atomic mass is 10.00. The van der Waals surface area contributed by atoms with Crippen LogP contribution in [-0.4, -0.2) is 16.3 Å². The Morgan fingerprint density at radius 2 is 2.21 bits per heavy atom. The number of hydrogen-bond acceptors (Lipinski definition) is 3. The molecular weight excluding hydrogens is 254 g/mol. The first-order chi connectivity index (χ1) is 9.13. The summed E-state index contributed by atoms with van der Waals surface area (Å²) in [6.07, 6.45) is 2.21. The number of nitrogens with zero attached hydrogens (tertiary/aromatic N) is 2. The molecule has 2 heterocycles. The highest BCUT2D eigenvalue weighted by Crippen LogP contribution is 2.23. The highest BCUT2D eigenvalue weighted by Gasteiger charge is 2.14. The van der Waals surface area contributed by atoms with Crippen LogP contribution in [0.1, 0.15) is 41.9 Å². The SMILES string of the molecule is CCNC(CCc1c(C)nn(C)c1C)c1ccsc1. The van der Waals surface area contributed by atoms with E-state index in [2.05, 4.69) is 48.0 Å². The molecule has 1 atom stereocenters. The second-order valence-corrected chi connectivity index (χ2v) is 5.76. The van der Waals surface area contributed by atoms with Gasteiger partial charge in [-0.1, -0.05) is 6.92 Å². The first-order valence-electron chi connectivity index (χ1n) is 6.88. The van der Waals surface area contributed by atoms with Crippen molar-refractivity contribution in [1.29, 1.82) is 0 Å². The smallest absolute Gasteiger partial charge is 0.0628 e. The predicted molar refractivity (Wildman–Crippen MR) is 81.7 cm³/mol. The van der Waals surface area contributed by atoms with E-state index < -0.39 is 0 Å². The lowest BCUT2D eigenvalue weighted by Crippen LogP contribution is -2.21. The molecule has 0 aliphatic carbocycles. The Morgan fingerprint density at radius 1 is 1.42 bits per heavy atom. The molecule has 0 aliphatic rings. The molecule has 1 N–H and O–H groups in total. The second-order valence-electron chi connectivity index (χ2n) is 4.98. The minimum atomic E-state index is 0.454. The fourth-order valence-electron chi connectivity index (χ4n) is 2.57. The van der Waals surface area contributed by atoms with Crippen LogP contribution < -0.4 is 5.32 Å². The third-order valence-corrected chi connectivity index (χ3v) is 4.44. The van der Waals surface area contributed by atoms with Crippen molar-refractivity contribution < 1.29 is 0 Å². The van der Waals surface area contributed by atoms with Crippen LogP contribution in [0.4, 0.5) is 0 Å². The van der Waals surface area contributed by atoms with Crippen LogP contribution in [0.15, 0.2) is 16.8 Å². The second kappa shape index (κ2) is 6.35. The lowest BCUT2D eigenvalue weighted by molar-refractivity contribution is 0.515. The molecule has 0 aliphatic heterocycles. The number of thiophene rings is 1. The van der Waals surface area contributed by atoms with Gasteiger partial charge in [-0.05, 0) is 61.2 Å². The molecule has 0 radical (unpaired) electrons. The standard InChI is InChI=1S/C15H23N3S/c1-5-16-15(13-8-9-19-10-13)7-6-14-11(2)17-18(4)12(14)3/h8-10,15-16H,5-7H2,1-4H3. The highest BCUT2D eigenvalue weighted by molar-refractivity contribution is 7.07. The summed E-state index contributed by atoms with van der Waals surface area (Å²) in [5.74, 6) is 0. The molecule has 2 aromatic rings. The van der Waals surface area contributed by atoms with Crippen LogP contribution in [-0.2, 0) is 13.5 Å². The summed E-state index contributed by atoms with van der Waals surface area (Å²) in [7, 11) is 2.02. The molecule has 0 bridgehead atoms. The van der Waals surface area contributed by atoms with Crippen molar-refractivity contribution in [3.05, 3.63) is 39.3 Å². The molecule has 0 saturated carbocycles. The van der Waals surface area contributed by atoms with Crippen molar-refractivity contribution in [2.24, 2.45) is 7.05 Å². The van der Waals surface area contributed by atoms with Crippen molar-refractivity contribution in [2.45, 2.75) is 39.7 Å². The summed E-state index contributed by atoms with van der Waals surface area (Å²) in [5, 5.41) is 12.5. The third kappa shape index (κ3) is 3.25. The first kappa shape index (κ1) is 14.3. The quantitative estimate of drug-likeness (QED) is 0.877. The van der Waals surface area contributed by atoms with Gasteiger partial charge in [-0.3, -0.25) is 4.68 Å². The average molecular weight is 277 g/mol. The van der Waals surface area contributed by atoms with E-state index in [1.54, 1.807) is 11.3 Å². The van der Waals surface area contributed by atoms with E-state index in [0.717, 1.165) is 19.4 Å². The number of rotatable bonds is 6. The Bertz CT molecular complexity index is 514. The zero-order valence-corrected chi connectivity index (χ0v) is 13.0. The molecule has 2 rings (SSSR count). The van der Waals surface area contributed by atoms with Crippen LogP contribution in [0.25, 0.3) is 0 Å². The highest BCUT2D eigenvalue weighted by atomic mass is 32.1. The molecule has 4 heteroatoms. The average Bonchev–Trinajstić information content (AvgIpc) is 2.97. The Morgan fingerprint density at radius 3 is 2.74 bits per heavy atom. The van der Waals surface area contributed by atoms with Crippen molar-refractivity contribution in [1.82, 2.24) is 15.1 Å². The van der Waals surface area contributed by atoms with E-state index in [0.29, 0.717) is 6.04 Å². The Labute approximate surface area is 119 Å². The van der Waals surface area contributed by atoms with Crippen LogP contribution in [0.5, 0.6) is 0 Å². The van der Waals surface area contributed by atoms with Gasteiger partial charge in [-0.15, -0.1) is 0 Å². The van der Waals surface area contributed by atoms with E-state index in [1.165, 1.54) is 22.5 Å². The fraction of sp³-hybridized carbons (Fsp3) is 0.533. The molecule has 0 aromatic carbocycles. The van der Waals surface area contributed by atoms with Gasteiger partial charge in [-0.25, -0.2) is 0 Å². The van der Waals surface area contributed by atoms with Gasteiger partial charge in [-0.2, -0.15) is 16.4 Å². The van der Waals surface area contributed by atoms with Gasteiger partial charge in [0.05, 0.1) is 5.69 Å². The first-order valence-corrected chi connectivity index (χ1v) is 7.82.